The lowest BCUT2D eigenvalue weighted by molar-refractivity contribution is -0.123. The first kappa shape index (κ1) is 13.5. The molecule has 0 aliphatic rings. The average molecular weight is 256 g/mol. The molecule has 2 amide bonds. The largest absolute Gasteiger partial charge is 0.370 e. The molecule has 5 nitrogen and oxygen atoms in total. The monoisotopic (exact) mass is 255 g/mol. The number of carbonyl (C=O) groups is 2. The molecule has 6 heteroatoms. The third-order valence-corrected chi connectivity index (χ3v) is 2.45. The normalized spacial score (nSPS) is 11.9. The van der Waals surface area contributed by atoms with E-state index in [0.717, 1.165) is 5.56 Å². The van der Waals surface area contributed by atoms with Crippen molar-refractivity contribution >= 4 is 29.1 Å². The van der Waals surface area contributed by atoms with Crippen LogP contribution in [-0.2, 0) is 9.59 Å². The predicted molar refractivity (Wildman–Crippen MR) is 66.6 cm³/mol. The van der Waals surface area contributed by atoms with Crippen LogP contribution in [0.3, 0.4) is 0 Å². The molecule has 1 atom stereocenters. The Morgan fingerprint density at radius 2 is 2.12 bits per heavy atom. The zero-order valence-electron chi connectivity index (χ0n) is 9.37. The fourth-order valence-corrected chi connectivity index (χ4v) is 1.44. The molecule has 0 saturated carbocycles. The minimum absolute atomic E-state index is 0.189. The van der Waals surface area contributed by atoms with Crippen molar-refractivity contribution in [2.75, 3.05) is 5.32 Å². The van der Waals surface area contributed by atoms with Crippen LogP contribution in [0.25, 0.3) is 0 Å². The Bertz CT molecular complexity index is 448. The van der Waals surface area contributed by atoms with Crippen LogP contribution in [0.4, 0.5) is 5.69 Å². The standard InChI is InChI=1S/C11H14ClN3O2/c1-6-2-3-7(12)4-9(6)15-11(17)8(13)5-10(14)16/h2-4,8H,5,13H2,1H3,(H2,14,16)(H,15,17). The number of hydrogen-bond acceptors (Lipinski definition) is 3. The molecule has 1 rings (SSSR count). The summed E-state index contributed by atoms with van der Waals surface area (Å²) in [5.41, 5.74) is 11.9. The van der Waals surface area contributed by atoms with Crippen molar-refractivity contribution < 1.29 is 9.59 Å². The molecule has 0 aliphatic heterocycles. The van der Waals surface area contributed by atoms with Gasteiger partial charge in [0.2, 0.25) is 11.8 Å². The number of carbonyl (C=O) groups excluding carboxylic acids is 2. The van der Waals surface area contributed by atoms with Gasteiger partial charge in [-0.25, -0.2) is 0 Å². The van der Waals surface area contributed by atoms with Crippen molar-refractivity contribution in [3.8, 4) is 0 Å². The Morgan fingerprint density at radius 1 is 1.47 bits per heavy atom. The SMILES string of the molecule is Cc1ccc(Cl)cc1NC(=O)C(N)CC(N)=O. The second-order valence-corrected chi connectivity index (χ2v) is 4.16. The number of hydrogen-bond donors (Lipinski definition) is 3. The van der Waals surface area contributed by atoms with Gasteiger partial charge in [-0.05, 0) is 24.6 Å². The van der Waals surface area contributed by atoms with E-state index in [4.69, 9.17) is 23.1 Å². The third-order valence-electron chi connectivity index (χ3n) is 2.22. The van der Waals surface area contributed by atoms with Crippen LogP contribution < -0.4 is 16.8 Å². The Kier molecular flexibility index (Phi) is 4.48. The van der Waals surface area contributed by atoms with E-state index in [2.05, 4.69) is 5.32 Å². The number of rotatable bonds is 4. The first-order valence-corrected chi connectivity index (χ1v) is 5.39. The fraction of sp³-hybridized carbons (Fsp3) is 0.273. The summed E-state index contributed by atoms with van der Waals surface area (Å²) in [5, 5.41) is 3.11. The molecule has 1 aromatic carbocycles. The molecule has 0 bridgehead atoms. The number of nitrogens with one attached hydrogen (secondary N) is 1. The Labute approximate surface area is 104 Å². The van der Waals surface area contributed by atoms with Crippen molar-refractivity contribution in [2.24, 2.45) is 11.5 Å². The van der Waals surface area contributed by atoms with Gasteiger partial charge in [-0.15, -0.1) is 0 Å². The topological polar surface area (TPSA) is 98.2 Å². The summed E-state index contributed by atoms with van der Waals surface area (Å²) in [6, 6.07) is 4.16. The van der Waals surface area contributed by atoms with E-state index in [0.29, 0.717) is 10.7 Å². The highest BCUT2D eigenvalue weighted by Crippen LogP contribution is 2.20. The van der Waals surface area contributed by atoms with Gasteiger partial charge in [0.1, 0.15) is 0 Å². The maximum atomic E-state index is 11.6. The smallest absolute Gasteiger partial charge is 0.241 e. The van der Waals surface area contributed by atoms with Crippen LogP contribution in [0.1, 0.15) is 12.0 Å². The second-order valence-electron chi connectivity index (χ2n) is 3.73. The maximum absolute atomic E-state index is 11.6. The number of halogens is 1. The Morgan fingerprint density at radius 3 is 2.71 bits per heavy atom. The number of aryl methyl sites for hydroxylation is 1. The van der Waals surface area contributed by atoms with Crippen molar-refractivity contribution in [2.45, 2.75) is 19.4 Å². The van der Waals surface area contributed by atoms with Crippen LogP contribution in [0.5, 0.6) is 0 Å². The van der Waals surface area contributed by atoms with Gasteiger partial charge in [-0.3, -0.25) is 9.59 Å². The highest BCUT2D eigenvalue weighted by Gasteiger charge is 2.16. The summed E-state index contributed by atoms with van der Waals surface area (Å²) in [6.45, 7) is 1.82. The zero-order valence-corrected chi connectivity index (χ0v) is 10.1. The van der Waals surface area contributed by atoms with E-state index in [-0.39, 0.29) is 6.42 Å². The summed E-state index contributed by atoms with van der Waals surface area (Å²) in [5.74, 6) is -1.08. The molecule has 5 N–H and O–H groups in total. The summed E-state index contributed by atoms with van der Waals surface area (Å²) >= 11 is 5.81. The van der Waals surface area contributed by atoms with Crippen LogP contribution in [0.15, 0.2) is 18.2 Å². The van der Waals surface area contributed by atoms with Crippen molar-refractivity contribution in [1.29, 1.82) is 0 Å². The van der Waals surface area contributed by atoms with Gasteiger partial charge in [0.25, 0.3) is 0 Å². The minimum Gasteiger partial charge on any atom is -0.370 e. The molecule has 0 aromatic heterocycles. The average Bonchev–Trinajstić information content (AvgIpc) is 2.22. The number of primary amides is 1. The fourth-order valence-electron chi connectivity index (χ4n) is 1.26. The Balaban J connectivity index is 2.73. The molecule has 1 aromatic rings. The Hall–Kier alpha value is -1.59. The zero-order chi connectivity index (χ0) is 13.0. The lowest BCUT2D eigenvalue weighted by Gasteiger charge is -2.12. The van der Waals surface area contributed by atoms with E-state index in [9.17, 15) is 9.59 Å². The van der Waals surface area contributed by atoms with Gasteiger partial charge in [-0.2, -0.15) is 0 Å². The van der Waals surface area contributed by atoms with E-state index < -0.39 is 17.9 Å². The van der Waals surface area contributed by atoms with Gasteiger partial charge < -0.3 is 16.8 Å². The molecule has 0 fully saturated rings. The van der Waals surface area contributed by atoms with E-state index in [1.54, 1.807) is 18.2 Å². The van der Waals surface area contributed by atoms with Gasteiger partial charge in [0.15, 0.2) is 0 Å². The third kappa shape index (κ3) is 4.05. The number of benzene rings is 1. The van der Waals surface area contributed by atoms with E-state index >= 15 is 0 Å². The van der Waals surface area contributed by atoms with Crippen molar-refractivity contribution in [3.63, 3.8) is 0 Å². The minimum atomic E-state index is -0.953. The highest BCUT2D eigenvalue weighted by atomic mass is 35.5. The highest BCUT2D eigenvalue weighted by molar-refractivity contribution is 6.31. The van der Waals surface area contributed by atoms with Crippen molar-refractivity contribution in [1.82, 2.24) is 0 Å². The summed E-state index contributed by atoms with van der Waals surface area (Å²) in [6.07, 6.45) is -0.189. The van der Waals surface area contributed by atoms with Gasteiger partial charge in [0, 0.05) is 10.7 Å². The number of nitrogens with two attached hydrogens (primary N) is 2. The molecule has 92 valence electrons. The predicted octanol–water partition coefficient (Wildman–Crippen LogP) is 0.790. The molecular weight excluding hydrogens is 242 g/mol. The quantitative estimate of drug-likeness (QED) is 0.742. The number of anilines is 1. The summed E-state index contributed by atoms with van der Waals surface area (Å²) in [4.78, 5) is 22.3. The number of amides is 2. The van der Waals surface area contributed by atoms with Crippen molar-refractivity contribution in [3.05, 3.63) is 28.8 Å². The first-order chi connectivity index (χ1) is 7.90. The molecule has 0 spiro atoms. The lowest BCUT2D eigenvalue weighted by Crippen LogP contribution is -2.39. The van der Waals surface area contributed by atoms with E-state index in [1.807, 2.05) is 6.92 Å². The first-order valence-electron chi connectivity index (χ1n) is 5.01. The molecule has 0 aliphatic carbocycles. The molecule has 1 unspecified atom stereocenters. The second kappa shape index (κ2) is 5.65. The molecule has 17 heavy (non-hydrogen) atoms. The van der Waals surface area contributed by atoms with Gasteiger partial charge in [-0.1, -0.05) is 17.7 Å². The molecular formula is C11H14ClN3O2. The van der Waals surface area contributed by atoms with Gasteiger partial charge >= 0.3 is 0 Å². The van der Waals surface area contributed by atoms with Crippen LogP contribution in [0, 0.1) is 6.92 Å². The summed E-state index contributed by atoms with van der Waals surface area (Å²) < 4.78 is 0. The molecule has 0 radical (unpaired) electrons. The van der Waals surface area contributed by atoms with Crippen LogP contribution in [0.2, 0.25) is 5.02 Å². The lowest BCUT2D eigenvalue weighted by atomic mass is 10.1. The molecule has 0 heterocycles. The van der Waals surface area contributed by atoms with Crippen LogP contribution in [-0.4, -0.2) is 17.9 Å². The molecule has 0 saturated heterocycles. The summed E-state index contributed by atoms with van der Waals surface area (Å²) in [7, 11) is 0. The van der Waals surface area contributed by atoms with Crippen LogP contribution >= 0.6 is 11.6 Å². The van der Waals surface area contributed by atoms with Gasteiger partial charge in [0.05, 0.1) is 12.5 Å². The maximum Gasteiger partial charge on any atom is 0.241 e. The van der Waals surface area contributed by atoms with E-state index in [1.165, 1.54) is 0 Å².